The van der Waals surface area contributed by atoms with Crippen molar-refractivity contribution in [1.29, 1.82) is 0 Å². The van der Waals surface area contributed by atoms with Crippen LogP contribution in [0, 0.1) is 0 Å². The molecule has 0 N–H and O–H groups in total. The van der Waals surface area contributed by atoms with Gasteiger partial charge in [-0.3, -0.25) is 4.98 Å². The summed E-state index contributed by atoms with van der Waals surface area (Å²) in [5, 5.41) is 4.85. The predicted octanol–water partition coefficient (Wildman–Crippen LogP) is 17.0. The second-order valence-electron chi connectivity index (χ2n) is 18.5. The number of rotatable bonds is 8. The Morgan fingerprint density at radius 3 is 1.57 bits per heavy atom. The van der Waals surface area contributed by atoms with Crippen LogP contribution in [0.2, 0.25) is 0 Å². The Morgan fingerprint density at radius 1 is 0.373 bits per heavy atom. The van der Waals surface area contributed by atoms with Crippen LogP contribution >= 0.6 is 0 Å². The minimum Gasteiger partial charge on any atom is -0.311 e. The lowest BCUT2D eigenvalue weighted by molar-refractivity contribution is 0.590. The lowest BCUT2D eigenvalue weighted by Crippen LogP contribution is -2.13. The number of para-hydroxylation sites is 4. The highest BCUT2D eigenvalue weighted by Gasteiger charge is 2.21. The molecule has 9 aromatic carbocycles. The van der Waals surface area contributed by atoms with E-state index in [1.807, 2.05) is 12.3 Å². The van der Waals surface area contributed by atoms with Crippen molar-refractivity contribution >= 4 is 60.7 Å². The van der Waals surface area contributed by atoms with Gasteiger partial charge in [0.2, 0.25) is 0 Å². The first-order chi connectivity index (χ1) is 32.9. The van der Waals surface area contributed by atoms with Crippen LogP contribution < -0.4 is 4.90 Å². The van der Waals surface area contributed by atoms with Crippen LogP contribution in [0.4, 0.5) is 17.1 Å². The summed E-state index contributed by atoms with van der Waals surface area (Å²) in [4.78, 5) is 7.27. The highest BCUT2D eigenvalue weighted by atomic mass is 15.1. The Labute approximate surface area is 391 Å². The lowest BCUT2D eigenvalue weighted by Gasteiger charge is -2.27. The van der Waals surface area contributed by atoms with E-state index in [1.54, 1.807) is 0 Å². The summed E-state index contributed by atoms with van der Waals surface area (Å²) in [6.45, 7) is 6.78. The molecule has 0 aliphatic rings. The van der Waals surface area contributed by atoms with E-state index in [4.69, 9.17) is 4.98 Å². The molecule has 0 aliphatic carbocycles. The van der Waals surface area contributed by atoms with Crippen LogP contribution in [-0.2, 0) is 5.41 Å². The second-order valence-corrected chi connectivity index (χ2v) is 18.5. The summed E-state index contributed by atoms with van der Waals surface area (Å²) in [5.41, 5.74) is 18.4. The normalized spacial score (nSPS) is 11.8. The van der Waals surface area contributed by atoms with E-state index in [9.17, 15) is 0 Å². The number of anilines is 3. The largest absolute Gasteiger partial charge is 0.311 e. The molecule has 320 valence electrons. The van der Waals surface area contributed by atoms with Gasteiger partial charge in [0.05, 0.1) is 27.8 Å². The molecule has 0 amide bonds. The first-order valence-corrected chi connectivity index (χ1v) is 23.1. The van der Waals surface area contributed by atoms with E-state index in [0.717, 1.165) is 73.0 Å². The molecule has 12 aromatic rings. The SMILES string of the molecule is CC(C)(C)c1ccc(N(c2ccccc2)c2ccc(-c3ccc(-n4c5ccccc5c5c(-c6ccccn6)cc(-c6ccc7c(c6)c6ccccc6n7-c6ccccc6)cc54)cc3)cc2)cc1. The number of nitrogens with zero attached hydrogens (tertiary/aromatic N) is 4. The average Bonchev–Trinajstić information content (AvgIpc) is 3.90. The zero-order chi connectivity index (χ0) is 45.1. The summed E-state index contributed by atoms with van der Waals surface area (Å²) >= 11 is 0. The van der Waals surface area contributed by atoms with Gasteiger partial charge in [0.1, 0.15) is 0 Å². The third kappa shape index (κ3) is 7.06. The maximum absolute atomic E-state index is 4.94. The van der Waals surface area contributed by atoms with E-state index in [-0.39, 0.29) is 5.41 Å². The van der Waals surface area contributed by atoms with Crippen LogP contribution in [0.25, 0.3) is 88.5 Å². The molecule has 3 heterocycles. The van der Waals surface area contributed by atoms with Crippen molar-refractivity contribution in [2.45, 2.75) is 26.2 Å². The number of hydrogen-bond donors (Lipinski definition) is 0. The van der Waals surface area contributed by atoms with Gasteiger partial charge in [-0.1, -0.05) is 142 Å². The van der Waals surface area contributed by atoms with Gasteiger partial charge in [-0.15, -0.1) is 0 Å². The fourth-order valence-corrected chi connectivity index (χ4v) is 10.0. The Morgan fingerprint density at radius 2 is 0.896 bits per heavy atom. The maximum Gasteiger partial charge on any atom is 0.0709 e. The summed E-state index contributed by atoms with van der Waals surface area (Å²) in [7, 11) is 0. The average molecular weight is 861 g/mol. The minimum absolute atomic E-state index is 0.0865. The van der Waals surface area contributed by atoms with Crippen LogP contribution in [0.1, 0.15) is 26.3 Å². The van der Waals surface area contributed by atoms with Crippen molar-refractivity contribution in [3.63, 3.8) is 0 Å². The van der Waals surface area contributed by atoms with Crippen molar-refractivity contribution in [3.05, 3.63) is 242 Å². The number of hydrogen-bond acceptors (Lipinski definition) is 2. The smallest absolute Gasteiger partial charge is 0.0709 e. The van der Waals surface area contributed by atoms with Gasteiger partial charge in [-0.25, -0.2) is 0 Å². The van der Waals surface area contributed by atoms with Gasteiger partial charge >= 0.3 is 0 Å². The monoisotopic (exact) mass is 860 g/mol. The molecule has 0 spiro atoms. The minimum atomic E-state index is 0.0865. The van der Waals surface area contributed by atoms with Crippen molar-refractivity contribution < 1.29 is 0 Å². The van der Waals surface area contributed by atoms with Gasteiger partial charge < -0.3 is 14.0 Å². The Hall–Kier alpha value is -8.47. The predicted molar refractivity (Wildman–Crippen MR) is 283 cm³/mol. The van der Waals surface area contributed by atoms with E-state index >= 15 is 0 Å². The fourth-order valence-electron chi connectivity index (χ4n) is 10.0. The van der Waals surface area contributed by atoms with E-state index in [2.05, 4.69) is 259 Å². The molecule has 0 atom stereocenters. The third-order valence-corrected chi connectivity index (χ3v) is 13.3. The summed E-state index contributed by atoms with van der Waals surface area (Å²) in [6.07, 6.45) is 1.90. The van der Waals surface area contributed by atoms with Crippen molar-refractivity contribution in [2.75, 3.05) is 4.90 Å². The summed E-state index contributed by atoms with van der Waals surface area (Å²) in [5.74, 6) is 0. The highest BCUT2D eigenvalue weighted by Crippen LogP contribution is 2.43. The quantitative estimate of drug-likeness (QED) is 0.152. The van der Waals surface area contributed by atoms with E-state index in [0.29, 0.717) is 0 Å². The molecule has 4 heteroatoms. The van der Waals surface area contributed by atoms with Gasteiger partial charge in [0.15, 0.2) is 0 Å². The topological polar surface area (TPSA) is 26.0 Å². The van der Waals surface area contributed by atoms with Crippen molar-refractivity contribution in [3.8, 4) is 44.9 Å². The Balaban J connectivity index is 0.965. The Bertz CT molecular complexity index is 3730. The number of aromatic nitrogens is 3. The molecular formula is C63H48N4. The summed E-state index contributed by atoms with van der Waals surface area (Å²) < 4.78 is 4.80. The summed E-state index contributed by atoms with van der Waals surface area (Å²) in [6, 6.07) is 83.6. The van der Waals surface area contributed by atoms with E-state index < -0.39 is 0 Å². The van der Waals surface area contributed by atoms with Gasteiger partial charge in [0, 0.05) is 61.7 Å². The number of pyridine rings is 1. The number of fused-ring (bicyclic) bond motifs is 6. The van der Waals surface area contributed by atoms with Crippen molar-refractivity contribution in [2.24, 2.45) is 0 Å². The molecule has 0 saturated heterocycles. The highest BCUT2D eigenvalue weighted by molar-refractivity contribution is 6.17. The zero-order valence-electron chi connectivity index (χ0n) is 37.8. The molecule has 0 unspecified atom stereocenters. The molecule has 0 bridgehead atoms. The molecular weight excluding hydrogens is 813 g/mol. The van der Waals surface area contributed by atoms with Crippen molar-refractivity contribution in [1.82, 2.24) is 14.1 Å². The number of benzene rings is 9. The molecule has 0 radical (unpaired) electrons. The van der Waals surface area contributed by atoms with E-state index in [1.165, 1.54) is 38.1 Å². The second kappa shape index (κ2) is 16.2. The van der Waals surface area contributed by atoms with Gasteiger partial charge in [-0.2, -0.15) is 0 Å². The molecule has 4 nitrogen and oxygen atoms in total. The lowest BCUT2D eigenvalue weighted by atomic mass is 9.87. The molecule has 12 rings (SSSR count). The van der Waals surface area contributed by atoms with Gasteiger partial charge in [0.25, 0.3) is 0 Å². The third-order valence-electron chi connectivity index (χ3n) is 13.3. The fraction of sp³-hybridized carbons (Fsp3) is 0.0635. The molecule has 3 aromatic heterocycles. The first-order valence-electron chi connectivity index (χ1n) is 23.1. The zero-order valence-corrected chi connectivity index (χ0v) is 37.8. The van der Waals surface area contributed by atoms with Gasteiger partial charge in [-0.05, 0) is 142 Å². The van der Waals surface area contributed by atoms with Crippen LogP contribution in [0.5, 0.6) is 0 Å². The van der Waals surface area contributed by atoms with Crippen LogP contribution in [0.3, 0.4) is 0 Å². The molecule has 0 fully saturated rings. The van der Waals surface area contributed by atoms with Crippen LogP contribution in [-0.4, -0.2) is 14.1 Å². The molecule has 67 heavy (non-hydrogen) atoms. The standard InChI is InChI=1S/C63H48N4/c1-63(2,3)47-30-36-51(37-31-47)65(48-16-6-4-7-17-48)50-32-25-43(26-33-50)44-27-34-52(35-28-44)67-59-24-13-11-21-54(59)62-56(57-22-14-15-39-64-57)41-46(42-61(62)67)45-29-38-60-55(40-45)53-20-10-12-23-58(53)66(60)49-18-8-5-9-19-49/h4-42H,1-3H3. The molecule has 0 aliphatic heterocycles. The first kappa shape index (κ1) is 40.1. The molecule has 0 saturated carbocycles. The Kier molecular flexibility index (Phi) is 9.69. The maximum atomic E-state index is 4.94. The van der Waals surface area contributed by atoms with Crippen LogP contribution in [0.15, 0.2) is 237 Å².